The minimum atomic E-state index is -0.104. The van der Waals surface area contributed by atoms with Crippen LogP contribution in [0.1, 0.15) is 22.9 Å². The van der Waals surface area contributed by atoms with Gasteiger partial charge in [-0.2, -0.15) is 5.10 Å². The van der Waals surface area contributed by atoms with Crippen LogP contribution in [0, 0.1) is 0 Å². The first-order chi connectivity index (χ1) is 10.8. The molecule has 3 rings (SSSR count). The van der Waals surface area contributed by atoms with Crippen molar-refractivity contribution < 1.29 is 4.79 Å². The molecule has 1 amide bonds. The number of hydrazone groups is 1. The Morgan fingerprint density at radius 2 is 2.27 bits per heavy atom. The molecule has 2 aromatic heterocycles. The first-order valence-corrected chi connectivity index (χ1v) is 8.09. The summed E-state index contributed by atoms with van der Waals surface area (Å²) in [5, 5.41) is 7.14. The number of carbonyl (C=O) groups excluding carboxylic acids is 1. The van der Waals surface area contributed by atoms with Crippen molar-refractivity contribution in [2.75, 3.05) is 0 Å². The Balaban J connectivity index is 1.69. The van der Waals surface area contributed by atoms with Gasteiger partial charge in [0.1, 0.15) is 0 Å². The zero-order valence-corrected chi connectivity index (χ0v) is 13.1. The Bertz CT molecular complexity index is 803. The third kappa shape index (κ3) is 3.09. The molecule has 22 heavy (non-hydrogen) atoms. The highest BCUT2D eigenvalue weighted by molar-refractivity contribution is 7.10. The van der Waals surface area contributed by atoms with E-state index in [4.69, 9.17) is 0 Å². The van der Waals surface area contributed by atoms with Gasteiger partial charge in [-0.1, -0.05) is 31.2 Å². The molecule has 3 aromatic rings. The van der Waals surface area contributed by atoms with Gasteiger partial charge < -0.3 is 4.98 Å². The monoisotopic (exact) mass is 311 g/mol. The number of amides is 1. The molecule has 0 aliphatic carbocycles. The normalized spacial score (nSPS) is 11.3. The van der Waals surface area contributed by atoms with Gasteiger partial charge in [0.05, 0.1) is 12.6 Å². The summed E-state index contributed by atoms with van der Waals surface area (Å²) in [6, 6.07) is 10.1. The molecule has 0 atom stereocenters. The maximum absolute atomic E-state index is 11.8. The van der Waals surface area contributed by atoms with Gasteiger partial charge in [0.2, 0.25) is 5.91 Å². The second-order valence-corrected chi connectivity index (χ2v) is 6.02. The molecule has 0 unspecified atom stereocenters. The van der Waals surface area contributed by atoms with Crippen LogP contribution in [0.4, 0.5) is 0 Å². The summed E-state index contributed by atoms with van der Waals surface area (Å²) in [5.41, 5.74) is 5.96. The highest BCUT2D eigenvalue weighted by atomic mass is 32.1. The van der Waals surface area contributed by atoms with E-state index in [2.05, 4.69) is 34.6 Å². The first-order valence-electron chi connectivity index (χ1n) is 7.21. The maximum atomic E-state index is 11.8. The number of carbonyl (C=O) groups is 1. The van der Waals surface area contributed by atoms with Gasteiger partial charge >= 0.3 is 0 Å². The van der Waals surface area contributed by atoms with E-state index >= 15 is 0 Å². The number of benzene rings is 1. The molecule has 0 spiro atoms. The van der Waals surface area contributed by atoms with Gasteiger partial charge in [0.15, 0.2) is 0 Å². The van der Waals surface area contributed by atoms with E-state index < -0.39 is 0 Å². The van der Waals surface area contributed by atoms with Gasteiger partial charge in [0.25, 0.3) is 0 Å². The highest BCUT2D eigenvalue weighted by Crippen LogP contribution is 2.20. The molecular weight excluding hydrogens is 294 g/mol. The average Bonchev–Trinajstić information content (AvgIpc) is 3.17. The van der Waals surface area contributed by atoms with Crippen LogP contribution < -0.4 is 5.43 Å². The average molecular weight is 311 g/mol. The van der Waals surface area contributed by atoms with E-state index in [0.717, 1.165) is 27.8 Å². The van der Waals surface area contributed by atoms with Crippen molar-refractivity contribution in [3.8, 4) is 0 Å². The summed E-state index contributed by atoms with van der Waals surface area (Å²) in [5.74, 6) is -0.104. The SMILES string of the molecule is CCc1cccc2c(/C=N/NC(=O)Cc3cccs3)c[nH]c12. The Labute approximate surface area is 132 Å². The van der Waals surface area contributed by atoms with Crippen LogP contribution in [0.2, 0.25) is 0 Å². The molecule has 5 heteroatoms. The van der Waals surface area contributed by atoms with Crippen molar-refractivity contribution in [2.24, 2.45) is 5.10 Å². The van der Waals surface area contributed by atoms with Crippen LogP contribution in [-0.4, -0.2) is 17.1 Å². The summed E-state index contributed by atoms with van der Waals surface area (Å²) in [7, 11) is 0. The molecule has 1 aromatic carbocycles. The Kier molecular flexibility index (Phi) is 4.34. The molecule has 0 aliphatic rings. The van der Waals surface area contributed by atoms with Crippen molar-refractivity contribution in [3.05, 3.63) is 57.9 Å². The van der Waals surface area contributed by atoms with Crippen LogP contribution in [0.3, 0.4) is 0 Å². The van der Waals surface area contributed by atoms with Crippen molar-refractivity contribution >= 4 is 34.4 Å². The number of nitrogens with zero attached hydrogens (tertiary/aromatic N) is 1. The number of hydrogen-bond acceptors (Lipinski definition) is 3. The minimum Gasteiger partial charge on any atom is -0.360 e. The Hall–Kier alpha value is -2.40. The number of aromatic nitrogens is 1. The topological polar surface area (TPSA) is 57.2 Å². The van der Waals surface area contributed by atoms with E-state index in [1.165, 1.54) is 5.56 Å². The van der Waals surface area contributed by atoms with Gasteiger partial charge in [-0.3, -0.25) is 4.79 Å². The fourth-order valence-electron chi connectivity index (χ4n) is 2.43. The Morgan fingerprint density at radius 1 is 1.36 bits per heavy atom. The number of thiophene rings is 1. The summed E-state index contributed by atoms with van der Waals surface area (Å²) >= 11 is 1.57. The number of aromatic amines is 1. The number of rotatable bonds is 5. The van der Waals surface area contributed by atoms with E-state index in [9.17, 15) is 4.79 Å². The van der Waals surface area contributed by atoms with Gasteiger partial charge in [-0.05, 0) is 23.4 Å². The number of H-pyrrole nitrogens is 1. The molecule has 4 nitrogen and oxygen atoms in total. The van der Waals surface area contributed by atoms with Gasteiger partial charge in [-0.25, -0.2) is 5.43 Å². The smallest absolute Gasteiger partial charge is 0.245 e. The Morgan fingerprint density at radius 3 is 3.05 bits per heavy atom. The molecule has 0 radical (unpaired) electrons. The molecule has 0 fully saturated rings. The minimum absolute atomic E-state index is 0.104. The van der Waals surface area contributed by atoms with E-state index in [1.807, 2.05) is 29.8 Å². The van der Waals surface area contributed by atoms with Crippen LogP contribution in [0.15, 0.2) is 47.0 Å². The second-order valence-electron chi connectivity index (χ2n) is 4.99. The van der Waals surface area contributed by atoms with Gasteiger partial charge in [0, 0.05) is 27.5 Å². The molecule has 0 saturated heterocycles. The number of fused-ring (bicyclic) bond motifs is 1. The predicted molar refractivity (Wildman–Crippen MR) is 91.4 cm³/mol. The molecule has 2 N–H and O–H groups in total. The number of nitrogens with one attached hydrogen (secondary N) is 2. The zero-order valence-electron chi connectivity index (χ0n) is 12.3. The van der Waals surface area contributed by atoms with Crippen molar-refractivity contribution in [2.45, 2.75) is 19.8 Å². The summed E-state index contributed by atoms with van der Waals surface area (Å²) in [4.78, 5) is 16.1. The number of hydrogen-bond donors (Lipinski definition) is 2. The lowest BCUT2D eigenvalue weighted by Gasteiger charge is -1.99. The fourth-order valence-corrected chi connectivity index (χ4v) is 3.13. The molecule has 2 heterocycles. The van der Waals surface area contributed by atoms with E-state index in [-0.39, 0.29) is 5.91 Å². The lowest BCUT2D eigenvalue weighted by Crippen LogP contribution is -2.19. The molecule has 0 bridgehead atoms. The number of para-hydroxylation sites is 1. The zero-order chi connectivity index (χ0) is 15.4. The molecular formula is C17H17N3OS. The summed E-state index contributed by atoms with van der Waals surface area (Å²) in [6.45, 7) is 2.13. The maximum Gasteiger partial charge on any atom is 0.245 e. The van der Waals surface area contributed by atoms with E-state index in [1.54, 1.807) is 17.6 Å². The summed E-state index contributed by atoms with van der Waals surface area (Å²) < 4.78 is 0. The standard InChI is InChI=1S/C17H17N3OS/c1-2-12-5-3-7-15-13(10-18-17(12)15)11-19-20-16(21)9-14-6-4-8-22-14/h3-8,10-11,18H,2,9H2,1H3,(H,20,21)/b19-11+. The molecule has 0 saturated carbocycles. The third-order valence-electron chi connectivity index (χ3n) is 3.52. The third-order valence-corrected chi connectivity index (χ3v) is 4.40. The van der Waals surface area contributed by atoms with Crippen LogP contribution in [0.5, 0.6) is 0 Å². The largest absolute Gasteiger partial charge is 0.360 e. The van der Waals surface area contributed by atoms with E-state index in [0.29, 0.717) is 6.42 Å². The predicted octanol–water partition coefficient (Wildman–Crippen LogP) is 3.48. The molecule has 0 aliphatic heterocycles. The van der Waals surface area contributed by atoms with Crippen molar-refractivity contribution in [1.82, 2.24) is 10.4 Å². The fraction of sp³-hybridized carbons (Fsp3) is 0.176. The summed E-state index contributed by atoms with van der Waals surface area (Å²) in [6.07, 6.45) is 4.94. The molecule has 112 valence electrons. The second kappa shape index (κ2) is 6.58. The van der Waals surface area contributed by atoms with Crippen LogP contribution in [-0.2, 0) is 17.6 Å². The quantitative estimate of drug-likeness (QED) is 0.550. The van der Waals surface area contributed by atoms with Crippen molar-refractivity contribution in [3.63, 3.8) is 0 Å². The van der Waals surface area contributed by atoms with Crippen molar-refractivity contribution in [1.29, 1.82) is 0 Å². The number of aryl methyl sites for hydroxylation is 1. The van der Waals surface area contributed by atoms with Crippen LogP contribution >= 0.6 is 11.3 Å². The van der Waals surface area contributed by atoms with Crippen LogP contribution in [0.25, 0.3) is 10.9 Å². The first kappa shape index (κ1) is 14.5. The lowest BCUT2D eigenvalue weighted by molar-refractivity contribution is -0.120. The highest BCUT2D eigenvalue weighted by Gasteiger charge is 2.05. The lowest BCUT2D eigenvalue weighted by atomic mass is 10.1. The van der Waals surface area contributed by atoms with Gasteiger partial charge in [-0.15, -0.1) is 11.3 Å².